The van der Waals surface area contributed by atoms with Crippen molar-refractivity contribution in [1.82, 2.24) is 0 Å². The second kappa shape index (κ2) is 3.49. The van der Waals surface area contributed by atoms with Crippen LogP contribution in [-0.2, 0) is 4.79 Å². The van der Waals surface area contributed by atoms with Gasteiger partial charge >= 0.3 is 5.97 Å². The Morgan fingerprint density at radius 2 is 1.53 bits per heavy atom. The highest BCUT2D eigenvalue weighted by atomic mass is 16.4. The van der Waals surface area contributed by atoms with Crippen LogP contribution in [0.2, 0.25) is 0 Å². The summed E-state index contributed by atoms with van der Waals surface area (Å²) >= 11 is 0. The highest BCUT2D eigenvalue weighted by Gasteiger charge is 2.53. The van der Waals surface area contributed by atoms with E-state index in [-0.39, 0.29) is 0 Å². The van der Waals surface area contributed by atoms with Gasteiger partial charge in [-0.05, 0) is 82.0 Å². The molecule has 0 amide bonds. The minimum Gasteiger partial charge on any atom is -0.481 e. The molecule has 0 atom stereocenters. The van der Waals surface area contributed by atoms with Gasteiger partial charge in [-0.2, -0.15) is 0 Å². The van der Waals surface area contributed by atoms with E-state index < -0.39 is 11.4 Å². The summed E-state index contributed by atoms with van der Waals surface area (Å²) in [6.45, 7) is 3.82. The van der Waals surface area contributed by atoms with Crippen molar-refractivity contribution in [3.63, 3.8) is 0 Å². The SMILES string of the molecule is CC(C)(CC12CC3CC(CC(C3)C1)C2)C(=O)O. The summed E-state index contributed by atoms with van der Waals surface area (Å²) in [5, 5.41) is 9.34. The zero-order valence-corrected chi connectivity index (χ0v) is 11.0. The normalized spacial score (nSPS) is 44.0. The number of hydrogen-bond acceptors (Lipinski definition) is 1. The number of aliphatic carboxylic acids is 1. The molecule has 0 radical (unpaired) electrons. The van der Waals surface area contributed by atoms with Gasteiger partial charge in [0, 0.05) is 0 Å². The smallest absolute Gasteiger partial charge is 0.309 e. The third kappa shape index (κ3) is 1.90. The van der Waals surface area contributed by atoms with Crippen LogP contribution in [-0.4, -0.2) is 11.1 Å². The van der Waals surface area contributed by atoms with Gasteiger partial charge in [0.25, 0.3) is 0 Å². The van der Waals surface area contributed by atoms with Gasteiger partial charge in [0.2, 0.25) is 0 Å². The monoisotopic (exact) mass is 236 g/mol. The Morgan fingerprint density at radius 3 is 1.88 bits per heavy atom. The Labute approximate surface area is 104 Å². The maximum atomic E-state index is 11.3. The van der Waals surface area contributed by atoms with Crippen LogP contribution in [0.1, 0.15) is 58.8 Å². The summed E-state index contributed by atoms with van der Waals surface area (Å²) < 4.78 is 0. The highest BCUT2D eigenvalue weighted by Crippen LogP contribution is 2.63. The standard InChI is InChI=1S/C15H24O2/c1-14(2,13(16)17)9-15-6-10-3-11(7-15)5-12(4-10)8-15/h10-12H,3-9H2,1-2H3,(H,16,17). The van der Waals surface area contributed by atoms with Crippen molar-refractivity contribution in [3.05, 3.63) is 0 Å². The van der Waals surface area contributed by atoms with Crippen LogP contribution in [0.5, 0.6) is 0 Å². The van der Waals surface area contributed by atoms with Gasteiger partial charge in [-0.1, -0.05) is 0 Å². The van der Waals surface area contributed by atoms with E-state index in [2.05, 4.69) is 0 Å². The molecule has 17 heavy (non-hydrogen) atoms. The first kappa shape index (κ1) is 11.6. The molecular weight excluding hydrogens is 212 g/mol. The second-order valence-corrected chi connectivity index (χ2v) is 7.78. The van der Waals surface area contributed by atoms with E-state index in [0.29, 0.717) is 5.41 Å². The molecule has 4 rings (SSSR count). The van der Waals surface area contributed by atoms with Crippen molar-refractivity contribution in [2.45, 2.75) is 58.8 Å². The van der Waals surface area contributed by atoms with Crippen LogP contribution in [0.4, 0.5) is 0 Å². The van der Waals surface area contributed by atoms with Gasteiger partial charge in [-0.3, -0.25) is 4.79 Å². The van der Waals surface area contributed by atoms with E-state index in [1.165, 1.54) is 38.5 Å². The molecule has 0 unspecified atom stereocenters. The molecule has 0 aromatic rings. The van der Waals surface area contributed by atoms with Gasteiger partial charge in [-0.15, -0.1) is 0 Å². The Bertz CT molecular complexity index is 308. The second-order valence-electron chi connectivity index (χ2n) is 7.78. The molecule has 2 nitrogen and oxygen atoms in total. The van der Waals surface area contributed by atoms with Crippen LogP contribution in [0.3, 0.4) is 0 Å². The minimum atomic E-state index is -0.617. The fourth-order valence-electron chi connectivity index (χ4n) is 5.52. The summed E-state index contributed by atoms with van der Waals surface area (Å²) in [7, 11) is 0. The van der Waals surface area contributed by atoms with Crippen molar-refractivity contribution < 1.29 is 9.90 Å². The summed E-state index contributed by atoms with van der Waals surface area (Å²) in [4.78, 5) is 11.3. The fraction of sp³-hybridized carbons (Fsp3) is 0.933. The number of carbonyl (C=O) groups is 1. The van der Waals surface area contributed by atoms with Crippen LogP contribution in [0.25, 0.3) is 0 Å². The molecule has 4 aliphatic rings. The van der Waals surface area contributed by atoms with Crippen LogP contribution >= 0.6 is 0 Å². The van der Waals surface area contributed by atoms with Gasteiger partial charge < -0.3 is 5.11 Å². The van der Waals surface area contributed by atoms with Gasteiger partial charge in [-0.25, -0.2) is 0 Å². The number of carboxylic acids is 1. The number of carboxylic acid groups (broad SMARTS) is 1. The highest BCUT2D eigenvalue weighted by molar-refractivity contribution is 5.73. The van der Waals surface area contributed by atoms with Gasteiger partial charge in [0.1, 0.15) is 0 Å². The zero-order chi connectivity index (χ0) is 12.3. The number of hydrogen-bond donors (Lipinski definition) is 1. The predicted molar refractivity (Wildman–Crippen MR) is 66.6 cm³/mol. The van der Waals surface area contributed by atoms with E-state index in [0.717, 1.165) is 24.2 Å². The molecule has 0 heterocycles. The average Bonchev–Trinajstić information content (AvgIpc) is 2.12. The fourth-order valence-corrected chi connectivity index (χ4v) is 5.52. The van der Waals surface area contributed by atoms with Gasteiger partial charge in [0.15, 0.2) is 0 Å². The van der Waals surface area contributed by atoms with Gasteiger partial charge in [0.05, 0.1) is 5.41 Å². The van der Waals surface area contributed by atoms with Crippen molar-refractivity contribution in [2.75, 3.05) is 0 Å². The topological polar surface area (TPSA) is 37.3 Å². The predicted octanol–water partition coefficient (Wildman–Crippen LogP) is 3.70. The van der Waals surface area contributed by atoms with Crippen molar-refractivity contribution in [3.8, 4) is 0 Å². The molecule has 0 aromatic carbocycles. The maximum Gasteiger partial charge on any atom is 0.309 e. The van der Waals surface area contributed by atoms with E-state index in [1.807, 2.05) is 13.8 Å². The molecule has 0 aromatic heterocycles. The Hall–Kier alpha value is -0.530. The first-order valence-corrected chi connectivity index (χ1v) is 7.12. The summed E-state index contributed by atoms with van der Waals surface area (Å²) in [6.07, 6.45) is 9.16. The van der Waals surface area contributed by atoms with Crippen molar-refractivity contribution in [2.24, 2.45) is 28.6 Å². The Balaban J connectivity index is 1.80. The Morgan fingerprint density at radius 1 is 1.12 bits per heavy atom. The minimum absolute atomic E-state index is 0.386. The van der Waals surface area contributed by atoms with E-state index in [1.54, 1.807) is 0 Å². The van der Waals surface area contributed by atoms with E-state index in [4.69, 9.17) is 0 Å². The lowest BCUT2D eigenvalue weighted by Gasteiger charge is -2.58. The molecule has 4 aliphatic carbocycles. The van der Waals surface area contributed by atoms with Crippen LogP contribution < -0.4 is 0 Å². The third-order valence-corrected chi connectivity index (χ3v) is 5.56. The molecule has 96 valence electrons. The van der Waals surface area contributed by atoms with E-state index >= 15 is 0 Å². The van der Waals surface area contributed by atoms with Crippen LogP contribution in [0.15, 0.2) is 0 Å². The van der Waals surface area contributed by atoms with Crippen molar-refractivity contribution >= 4 is 5.97 Å². The first-order valence-electron chi connectivity index (χ1n) is 7.12. The molecule has 2 heteroatoms. The van der Waals surface area contributed by atoms with Crippen LogP contribution in [0, 0.1) is 28.6 Å². The first-order chi connectivity index (χ1) is 7.89. The molecule has 4 saturated carbocycles. The molecule has 1 N–H and O–H groups in total. The molecule has 0 saturated heterocycles. The van der Waals surface area contributed by atoms with E-state index in [9.17, 15) is 9.90 Å². The third-order valence-electron chi connectivity index (χ3n) is 5.56. The lowest BCUT2D eigenvalue weighted by atomic mass is 9.47. The van der Waals surface area contributed by atoms with Crippen molar-refractivity contribution in [1.29, 1.82) is 0 Å². The average molecular weight is 236 g/mol. The summed E-state index contributed by atoms with van der Waals surface area (Å²) in [6, 6.07) is 0. The zero-order valence-electron chi connectivity index (χ0n) is 11.0. The largest absolute Gasteiger partial charge is 0.481 e. The number of rotatable bonds is 3. The maximum absolute atomic E-state index is 11.3. The molecule has 4 bridgehead atoms. The molecule has 0 aliphatic heterocycles. The molecule has 0 spiro atoms. The summed E-state index contributed by atoms with van der Waals surface area (Å²) in [5.41, 5.74) is -0.150. The lowest BCUT2D eigenvalue weighted by Crippen LogP contribution is -2.48. The quantitative estimate of drug-likeness (QED) is 0.811. The molecular formula is C15H24O2. The molecule has 4 fully saturated rings. The lowest BCUT2D eigenvalue weighted by molar-refractivity contribution is -0.152. The summed E-state index contributed by atoms with van der Waals surface area (Å²) in [5.74, 6) is 2.15. The Kier molecular flexibility index (Phi) is 2.37.